The van der Waals surface area contributed by atoms with E-state index in [1.807, 2.05) is 0 Å². The van der Waals surface area contributed by atoms with Crippen molar-refractivity contribution in [1.82, 2.24) is 0 Å². The summed E-state index contributed by atoms with van der Waals surface area (Å²) in [6, 6.07) is 2.45. The van der Waals surface area contributed by atoms with Crippen LogP contribution in [0.3, 0.4) is 0 Å². The van der Waals surface area contributed by atoms with Crippen LogP contribution in [0.4, 0.5) is 8.78 Å². The van der Waals surface area contributed by atoms with E-state index in [1.165, 1.54) is 6.07 Å². The van der Waals surface area contributed by atoms with Gasteiger partial charge in [-0.3, -0.25) is 0 Å². The van der Waals surface area contributed by atoms with Crippen molar-refractivity contribution in [2.45, 2.75) is 12.5 Å². The number of carbonyl (C=O) groups is 1. The first-order valence-corrected chi connectivity index (χ1v) is 4.00. The Morgan fingerprint density at radius 1 is 1.43 bits per heavy atom. The Labute approximate surface area is 79.2 Å². The molecule has 0 fully saturated rings. The molecule has 1 aromatic rings. The predicted molar refractivity (Wildman–Crippen MR) is 44.4 cm³/mol. The molecule has 0 amide bonds. The Bertz CT molecular complexity index is 355. The van der Waals surface area contributed by atoms with Crippen molar-refractivity contribution in [1.29, 1.82) is 0 Å². The minimum atomic E-state index is -1.06. The third-order valence-corrected chi connectivity index (χ3v) is 1.82. The zero-order valence-electron chi connectivity index (χ0n) is 7.34. The van der Waals surface area contributed by atoms with E-state index in [0.717, 1.165) is 12.1 Å². The van der Waals surface area contributed by atoms with Gasteiger partial charge in [0.1, 0.15) is 0 Å². The molecule has 4 N–H and O–H groups in total. The minimum Gasteiger partial charge on any atom is -0.477 e. The summed E-state index contributed by atoms with van der Waals surface area (Å²) in [6.07, 6.45) is 0.0898. The third-order valence-electron chi connectivity index (χ3n) is 1.82. The fourth-order valence-electron chi connectivity index (χ4n) is 1.04. The molecule has 5 heteroatoms. The largest absolute Gasteiger partial charge is 0.477 e. The molecule has 0 spiro atoms. The van der Waals surface area contributed by atoms with Crippen LogP contribution < -0.4 is 5.73 Å². The van der Waals surface area contributed by atoms with Crippen LogP contribution in [-0.4, -0.2) is 17.1 Å². The first-order chi connectivity index (χ1) is 6.50. The van der Waals surface area contributed by atoms with E-state index in [2.05, 4.69) is 5.73 Å². The van der Waals surface area contributed by atoms with Crippen molar-refractivity contribution >= 4 is 5.97 Å². The molecule has 0 aliphatic carbocycles. The smallest absolute Gasteiger partial charge is 0.362 e. The van der Waals surface area contributed by atoms with E-state index in [0.29, 0.717) is 5.56 Å². The molecule has 0 aliphatic rings. The zero-order valence-corrected chi connectivity index (χ0v) is 7.34. The summed E-state index contributed by atoms with van der Waals surface area (Å²) in [4.78, 5) is 10.4. The van der Waals surface area contributed by atoms with Crippen LogP contribution in [0.15, 0.2) is 18.2 Å². The summed E-state index contributed by atoms with van der Waals surface area (Å²) in [5.74, 6) is -2.97. The molecule has 1 atom stereocenters. The quantitative estimate of drug-likeness (QED) is 0.735. The van der Waals surface area contributed by atoms with E-state index in [1.54, 1.807) is 0 Å². The van der Waals surface area contributed by atoms with Crippen LogP contribution in [0.1, 0.15) is 5.56 Å². The van der Waals surface area contributed by atoms with E-state index in [4.69, 9.17) is 5.11 Å². The topological polar surface area (TPSA) is 64.9 Å². The number of quaternary nitrogens is 1. The third kappa shape index (κ3) is 2.50. The Kier molecular flexibility index (Phi) is 3.14. The summed E-state index contributed by atoms with van der Waals surface area (Å²) in [6.45, 7) is 0. The van der Waals surface area contributed by atoms with Crippen LogP contribution in [0.25, 0.3) is 0 Å². The second-order valence-corrected chi connectivity index (χ2v) is 2.99. The molecule has 0 aliphatic heterocycles. The highest BCUT2D eigenvalue weighted by Crippen LogP contribution is 2.09. The van der Waals surface area contributed by atoms with E-state index < -0.39 is 23.6 Å². The lowest BCUT2D eigenvalue weighted by atomic mass is 10.1. The van der Waals surface area contributed by atoms with E-state index in [9.17, 15) is 13.6 Å². The molecule has 3 nitrogen and oxygen atoms in total. The van der Waals surface area contributed by atoms with Gasteiger partial charge in [0.05, 0.1) is 0 Å². The average molecular weight is 202 g/mol. The molecule has 0 bridgehead atoms. The molecule has 0 heterocycles. The molecular weight excluding hydrogens is 192 g/mol. The van der Waals surface area contributed by atoms with Crippen LogP contribution >= 0.6 is 0 Å². The van der Waals surface area contributed by atoms with Gasteiger partial charge in [-0.1, -0.05) is 6.07 Å². The number of aliphatic carboxylic acids is 1. The van der Waals surface area contributed by atoms with Crippen LogP contribution in [-0.2, 0) is 11.2 Å². The van der Waals surface area contributed by atoms with Crippen molar-refractivity contribution in [2.75, 3.05) is 0 Å². The predicted octanol–water partition coefficient (Wildman–Crippen LogP) is 0.202. The lowest BCUT2D eigenvalue weighted by molar-refractivity contribution is -0.407. The maximum atomic E-state index is 12.7. The molecule has 1 rings (SSSR count). The summed E-state index contributed by atoms with van der Waals surface area (Å²) < 4.78 is 25.2. The second kappa shape index (κ2) is 4.15. The van der Waals surface area contributed by atoms with Crippen molar-refractivity contribution < 1.29 is 24.4 Å². The van der Waals surface area contributed by atoms with Gasteiger partial charge in [-0.05, 0) is 17.7 Å². The number of benzene rings is 1. The SMILES string of the molecule is [NH3+][C@H](Cc1ccc(F)c(F)c1)C(=O)O. The minimum absolute atomic E-state index is 0.0898. The average Bonchev–Trinajstić information content (AvgIpc) is 2.11. The van der Waals surface area contributed by atoms with Gasteiger partial charge in [0.25, 0.3) is 0 Å². The monoisotopic (exact) mass is 202 g/mol. The number of carboxylic acids is 1. The van der Waals surface area contributed by atoms with Crippen LogP contribution in [0.2, 0.25) is 0 Å². The van der Waals surface area contributed by atoms with Gasteiger partial charge in [0, 0.05) is 6.42 Å². The maximum Gasteiger partial charge on any atom is 0.362 e. The first-order valence-electron chi connectivity index (χ1n) is 4.00. The van der Waals surface area contributed by atoms with Crippen LogP contribution in [0.5, 0.6) is 0 Å². The summed E-state index contributed by atoms with van der Waals surface area (Å²) >= 11 is 0. The maximum absolute atomic E-state index is 12.7. The van der Waals surface area contributed by atoms with Gasteiger partial charge in [-0.25, -0.2) is 13.6 Å². The molecular formula is C9H10F2NO2+. The second-order valence-electron chi connectivity index (χ2n) is 2.99. The normalized spacial score (nSPS) is 12.5. The fourth-order valence-corrected chi connectivity index (χ4v) is 1.04. The van der Waals surface area contributed by atoms with Crippen molar-refractivity contribution in [3.63, 3.8) is 0 Å². The summed E-state index contributed by atoms with van der Waals surface area (Å²) in [5, 5.41) is 8.54. The van der Waals surface area contributed by atoms with Crippen LogP contribution in [0, 0.1) is 11.6 Å². The standard InChI is InChI=1S/C9H9F2NO2/c10-6-2-1-5(3-7(6)11)4-8(12)9(13)14/h1-3,8H,4,12H2,(H,13,14)/p+1/t8-/m1/s1. The summed E-state index contributed by atoms with van der Waals surface area (Å²) in [7, 11) is 0. The number of rotatable bonds is 3. The van der Waals surface area contributed by atoms with Crippen molar-refractivity contribution in [3.8, 4) is 0 Å². The van der Waals surface area contributed by atoms with Crippen molar-refractivity contribution in [3.05, 3.63) is 35.4 Å². The van der Waals surface area contributed by atoms with Gasteiger partial charge in [0.15, 0.2) is 17.7 Å². The molecule has 76 valence electrons. The number of hydrogen-bond donors (Lipinski definition) is 2. The highest BCUT2D eigenvalue weighted by Gasteiger charge is 2.16. The fraction of sp³-hybridized carbons (Fsp3) is 0.222. The highest BCUT2D eigenvalue weighted by molar-refractivity contribution is 5.71. The molecule has 0 aromatic heterocycles. The number of carboxylic acid groups (broad SMARTS) is 1. The lowest BCUT2D eigenvalue weighted by Crippen LogP contribution is -2.65. The molecule has 14 heavy (non-hydrogen) atoms. The molecule has 0 radical (unpaired) electrons. The van der Waals surface area contributed by atoms with Gasteiger partial charge in [0.2, 0.25) is 0 Å². The van der Waals surface area contributed by atoms with E-state index in [-0.39, 0.29) is 6.42 Å². The van der Waals surface area contributed by atoms with Gasteiger partial charge in [-0.15, -0.1) is 0 Å². The molecule has 0 unspecified atom stereocenters. The Balaban J connectivity index is 2.78. The van der Waals surface area contributed by atoms with Gasteiger partial charge < -0.3 is 10.8 Å². The van der Waals surface area contributed by atoms with Gasteiger partial charge >= 0.3 is 5.97 Å². The van der Waals surface area contributed by atoms with Crippen molar-refractivity contribution in [2.24, 2.45) is 0 Å². The number of halogens is 2. The Morgan fingerprint density at radius 3 is 2.57 bits per heavy atom. The Hall–Kier alpha value is -1.49. The first kappa shape index (κ1) is 10.6. The number of hydrogen-bond acceptors (Lipinski definition) is 1. The zero-order chi connectivity index (χ0) is 10.7. The lowest BCUT2D eigenvalue weighted by Gasteiger charge is -2.03. The van der Waals surface area contributed by atoms with Gasteiger partial charge in [-0.2, -0.15) is 0 Å². The Morgan fingerprint density at radius 2 is 2.07 bits per heavy atom. The molecule has 1 aromatic carbocycles. The molecule has 0 saturated heterocycles. The van der Waals surface area contributed by atoms with E-state index >= 15 is 0 Å². The highest BCUT2D eigenvalue weighted by atomic mass is 19.2. The summed E-state index contributed by atoms with van der Waals surface area (Å²) in [5.41, 5.74) is 3.79. The molecule has 0 saturated carbocycles.